The van der Waals surface area contributed by atoms with E-state index in [2.05, 4.69) is 9.97 Å². The second kappa shape index (κ2) is 4.91. The van der Waals surface area contributed by atoms with E-state index in [-0.39, 0.29) is 11.8 Å². The van der Waals surface area contributed by atoms with Gasteiger partial charge in [-0.3, -0.25) is 9.69 Å². The Kier molecular flexibility index (Phi) is 3.83. The second-order valence-corrected chi connectivity index (χ2v) is 3.56. The minimum Gasteiger partial charge on any atom is -0.351 e. The number of Topliss-reactive ketones (excluding diaryl/α,β-unsaturated/α-hetero) is 1. The molecule has 0 amide bonds. The number of aromatic nitrogens is 2. The molecule has 0 bridgehead atoms. The molecule has 0 unspecified atom stereocenters. The molecule has 1 heterocycles. The zero-order valence-corrected chi connectivity index (χ0v) is 8.95. The van der Waals surface area contributed by atoms with Gasteiger partial charge in [0.2, 0.25) is 0 Å². The van der Waals surface area contributed by atoms with Crippen molar-refractivity contribution in [1.29, 1.82) is 0 Å². The van der Waals surface area contributed by atoms with Crippen molar-refractivity contribution in [3.8, 4) is 0 Å². The van der Waals surface area contributed by atoms with Gasteiger partial charge >= 0.3 is 0 Å². The van der Waals surface area contributed by atoms with Crippen molar-refractivity contribution in [2.24, 2.45) is 0 Å². The molecule has 0 radical (unpaired) electrons. The van der Waals surface area contributed by atoms with Crippen LogP contribution in [0.25, 0.3) is 0 Å². The molecule has 4 nitrogen and oxygen atoms in total. The Bertz CT molecular complexity index is 280. The van der Waals surface area contributed by atoms with Gasteiger partial charge in [-0.05, 0) is 14.1 Å². The zero-order chi connectivity index (χ0) is 10.6. The number of aromatic amines is 1. The predicted octanol–water partition coefficient (Wildman–Crippen LogP) is 0.861. The molecule has 14 heavy (non-hydrogen) atoms. The van der Waals surface area contributed by atoms with Crippen molar-refractivity contribution in [1.82, 2.24) is 14.9 Å². The van der Waals surface area contributed by atoms with Crippen molar-refractivity contribution < 1.29 is 4.79 Å². The van der Waals surface area contributed by atoms with E-state index in [1.165, 1.54) is 0 Å². The average Bonchev–Trinajstić information content (AvgIpc) is 2.65. The number of H-pyrrole nitrogens is 1. The van der Waals surface area contributed by atoms with Gasteiger partial charge in [0.15, 0.2) is 0 Å². The third kappa shape index (κ3) is 2.67. The molecular formula is C10H17N3O. The first-order valence-corrected chi connectivity index (χ1v) is 4.82. The summed E-state index contributed by atoms with van der Waals surface area (Å²) in [5, 5.41) is 0. The number of ketones is 1. The second-order valence-electron chi connectivity index (χ2n) is 3.56. The summed E-state index contributed by atoms with van der Waals surface area (Å²) in [5.74, 6) is 0.262. The molecule has 1 atom stereocenters. The molecule has 1 N–H and O–H groups in total. The highest BCUT2D eigenvalue weighted by molar-refractivity contribution is 5.83. The van der Waals surface area contributed by atoms with Crippen molar-refractivity contribution in [2.45, 2.75) is 25.8 Å². The van der Waals surface area contributed by atoms with Crippen LogP contribution in [0, 0.1) is 0 Å². The molecule has 0 aliphatic rings. The standard InChI is InChI=1S/C10H17N3O/c1-4-10(14)9(13(2)3)5-8-6-11-7-12-8/h6-7,9H,4-5H2,1-3H3,(H,11,12)/t9-/m0/s1. The van der Waals surface area contributed by atoms with Crippen LogP contribution < -0.4 is 0 Å². The maximum absolute atomic E-state index is 11.6. The fraction of sp³-hybridized carbons (Fsp3) is 0.600. The molecule has 0 fully saturated rings. The summed E-state index contributed by atoms with van der Waals surface area (Å²) in [7, 11) is 3.84. The topological polar surface area (TPSA) is 49.0 Å². The number of hydrogen-bond acceptors (Lipinski definition) is 3. The first-order chi connectivity index (χ1) is 6.65. The Balaban J connectivity index is 2.65. The predicted molar refractivity (Wildman–Crippen MR) is 55.1 cm³/mol. The van der Waals surface area contributed by atoms with Gasteiger partial charge in [-0.1, -0.05) is 6.92 Å². The highest BCUT2D eigenvalue weighted by Gasteiger charge is 2.19. The highest BCUT2D eigenvalue weighted by atomic mass is 16.1. The largest absolute Gasteiger partial charge is 0.351 e. The molecule has 0 saturated heterocycles. The maximum Gasteiger partial charge on any atom is 0.150 e. The lowest BCUT2D eigenvalue weighted by Gasteiger charge is -2.21. The third-order valence-electron chi connectivity index (χ3n) is 2.30. The van der Waals surface area contributed by atoms with Crippen LogP contribution in [0.1, 0.15) is 19.0 Å². The van der Waals surface area contributed by atoms with Gasteiger partial charge in [0.1, 0.15) is 5.78 Å². The molecule has 0 aliphatic heterocycles. The molecular weight excluding hydrogens is 178 g/mol. The lowest BCUT2D eigenvalue weighted by atomic mass is 10.0. The molecule has 0 spiro atoms. The van der Waals surface area contributed by atoms with E-state index in [1.54, 1.807) is 6.33 Å². The zero-order valence-electron chi connectivity index (χ0n) is 8.95. The van der Waals surface area contributed by atoms with Gasteiger partial charge in [-0.15, -0.1) is 0 Å². The number of nitrogens with zero attached hydrogens (tertiary/aromatic N) is 2. The van der Waals surface area contributed by atoms with E-state index in [9.17, 15) is 4.79 Å². The fourth-order valence-corrected chi connectivity index (χ4v) is 1.42. The smallest absolute Gasteiger partial charge is 0.150 e. The van der Waals surface area contributed by atoms with E-state index in [0.29, 0.717) is 12.8 Å². The summed E-state index contributed by atoms with van der Waals surface area (Å²) in [5.41, 5.74) is 0.936. The van der Waals surface area contributed by atoms with Crippen molar-refractivity contribution in [3.63, 3.8) is 0 Å². The lowest BCUT2D eigenvalue weighted by molar-refractivity contribution is -0.123. The molecule has 1 aromatic heterocycles. The Morgan fingerprint density at radius 3 is 2.79 bits per heavy atom. The number of imidazole rings is 1. The monoisotopic (exact) mass is 195 g/mol. The van der Waals surface area contributed by atoms with E-state index in [1.807, 2.05) is 32.1 Å². The molecule has 0 aliphatic carbocycles. The Morgan fingerprint density at radius 1 is 1.64 bits per heavy atom. The lowest BCUT2D eigenvalue weighted by Crippen LogP contribution is -2.37. The molecule has 78 valence electrons. The quantitative estimate of drug-likeness (QED) is 0.758. The van der Waals surface area contributed by atoms with Crippen LogP contribution in [0.15, 0.2) is 12.5 Å². The van der Waals surface area contributed by atoms with Crippen LogP contribution in [0.4, 0.5) is 0 Å². The van der Waals surface area contributed by atoms with Crippen LogP contribution in [-0.2, 0) is 11.2 Å². The number of likely N-dealkylation sites (N-methyl/N-ethyl adjacent to an activating group) is 1. The first kappa shape index (κ1) is 10.9. The molecule has 1 rings (SSSR count). The summed E-state index contributed by atoms with van der Waals surface area (Å²) in [4.78, 5) is 20.6. The van der Waals surface area contributed by atoms with Crippen LogP contribution in [0.2, 0.25) is 0 Å². The van der Waals surface area contributed by atoms with E-state index in [0.717, 1.165) is 5.69 Å². The third-order valence-corrected chi connectivity index (χ3v) is 2.30. The van der Waals surface area contributed by atoms with Crippen molar-refractivity contribution in [2.75, 3.05) is 14.1 Å². The first-order valence-electron chi connectivity index (χ1n) is 4.82. The molecule has 0 aromatic carbocycles. The number of hydrogen-bond donors (Lipinski definition) is 1. The van der Waals surface area contributed by atoms with Crippen LogP contribution in [-0.4, -0.2) is 40.8 Å². The summed E-state index contributed by atoms with van der Waals surface area (Å²) in [6.07, 6.45) is 4.73. The van der Waals surface area contributed by atoms with Gasteiger partial charge in [0.25, 0.3) is 0 Å². The highest BCUT2D eigenvalue weighted by Crippen LogP contribution is 2.06. The minimum absolute atomic E-state index is 0.0525. The Hall–Kier alpha value is -1.16. The summed E-state index contributed by atoms with van der Waals surface area (Å²) >= 11 is 0. The summed E-state index contributed by atoms with van der Waals surface area (Å²) in [6.45, 7) is 1.89. The van der Waals surface area contributed by atoms with Crippen LogP contribution in [0.5, 0.6) is 0 Å². The Morgan fingerprint density at radius 2 is 2.36 bits per heavy atom. The average molecular weight is 195 g/mol. The van der Waals surface area contributed by atoms with Crippen molar-refractivity contribution >= 4 is 5.78 Å². The Labute approximate surface area is 84.3 Å². The van der Waals surface area contributed by atoms with Crippen LogP contribution in [0.3, 0.4) is 0 Å². The van der Waals surface area contributed by atoms with Gasteiger partial charge in [0.05, 0.1) is 18.1 Å². The van der Waals surface area contributed by atoms with Gasteiger partial charge in [0, 0.05) is 19.0 Å². The van der Waals surface area contributed by atoms with Crippen LogP contribution >= 0.6 is 0 Å². The summed E-state index contributed by atoms with van der Waals surface area (Å²) < 4.78 is 0. The van der Waals surface area contributed by atoms with Gasteiger partial charge < -0.3 is 4.98 Å². The van der Waals surface area contributed by atoms with Crippen molar-refractivity contribution in [3.05, 3.63) is 18.2 Å². The SMILES string of the molecule is CCC(=O)[C@H](Cc1c[nH]cn1)N(C)C. The number of carbonyl (C=O) groups is 1. The normalized spacial score (nSPS) is 13.1. The van der Waals surface area contributed by atoms with Gasteiger partial charge in [-0.2, -0.15) is 0 Å². The van der Waals surface area contributed by atoms with Gasteiger partial charge in [-0.25, -0.2) is 4.98 Å². The number of carbonyl (C=O) groups excluding carboxylic acids is 1. The molecule has 0 saturated carbocycles. The number of rotatable bonds is 5. The fourth-order valence-electron chi connectivity index (χ4n) is 1.42. The maximum atomic E-state index is 11.6. The minimum atomic E-state index is -0.0525. The van der Waals surface area contributed by atoms with E-state index >= 15 is 0 Å². The van der Waals surface area contributed by atoms with E-state index < -0.39 is 0 Å². The number of nitrogens with one attached hydrogen (secondary N) is 1. The molecule has 4 heteroatoms. The van der Waals surface area contributed by atoms with E-state index in [4.69, 9.17) is 0 Å². The summed E-state index contributed by atoms with van der Waals surface area (Å²) in [6, 6.07) is -0.0525. The molecule has 1 aromatic rings.